The first-order valence-electron chi connectivity index (χ1n) is 3.64. The van der Waals surface area contributed by atoms with E-state index < -0.39 is 5.97 Å². The quantitative estimate of drug-likeness (QED) is 0.543. The smallest absolute Gasteiger partial charge is 0.330 e. The highest BCUT2D eigenvalue weighted by atomic mass is 16.5. The van der Waals surface area contributed by atoms with Gasteiger partial charge < -0.3 is 9.84 Å². The summed E-state index contributed by atoms with van der Waals surface area (Å²) in [6.07, 6.45) is 4.11. The number of nitrogens with zero attached hydrogens (tertiary/aromatic N) is 1. The number of hydrogen-bond donors (Lipinski definition) is 1. The summed E-state index contributed by atoms with van der Waals surface area (Å²) < 4.78 is 4.38. The van der Waals surface area contributed by atoms with Crippen LogP contribution < -0.4 is 0 Å². The molecule has 0 saturated heterocycles. The van der Waals surface area contributed by atoms with Crippen molar-refractivity contribution >= 4 is 12.0 Å². The van der Waals surface area contributed by atoms with E-state index in [2.05, 4.69) is 9.72 Å². The number of ether oxygens (including phenoxy) is 1. The summed E-state index contributed by atoms with van der Waals surface area (Å²) in [6.45, 7) is 0. The molecular formula is C9H9NO3. The zero-order chi connectivity index (χ0) is 9.68. The van der Waals surface area contributed by atoms with Gasteiger partial charge in [0.05, 0.1) is 7.11 Å². The Labute approximate surface area is 75.5 Å². The van der Waals surface area contributed by atoms with E-state index in [9.17, 15) is 9.90 Å². The molecule has 1 N–H and O–H groups in total. The van der Waals surface area contributed by atoms with Crippen molar-refractivity contribution in [2.24, 2.45) is 0 Å². The molecule has 13 heavy (non-hydrogen) atoms. The SMILES string of the molecule is COC(=O)C=Cc1ncccc1O. The van der Waals surface area contributed by atoms with Gasteiger partial charge in [-0.1, -0.05) is 0 Å². The number of methoxy groups -OCH3 is 1. The van der Waals surface area contributed by atoms with Crippen LogP contribution in [0.4, 0.5) is 0 Å². The fraction of sp³-hybridized carbons (Fsp3) is 0.111. The molecule has 0 aliphatic carbocycles. The van der Waals surface area contributed by atoms with Gasteiger partial charge in [0.1, 0.15) is 11.4 Å². The lowest BCUT2D eigenvalue weighted by Crippen LogP contribution is -1.93. The predicted molar refractivity (Wildman–Crippen MR) is 47.0 cm³/mol. The van der Waals surface area contributed by atoms with Crippen molar-refractivity contribution in [3.05, 3.63) is 30.1 Å². The van der Waals surface area contributed by atoms with Crippen molar-refractivity contribution < 1.29 is 14.6 Å². The Balaban J connectivity index is 2.80. The highest BCUT2D eigenvalue weighted by Gasteiger charge is 1.97. The zero-order valence-corrected chi connectivity index (χ0v) is 7.10. The van der Waals surface area contributed by atoms with E-state index in [1.54, 1.807) is 6.07 Å². The summed E-state index contributed by atoms with van der Waals surface area (Å²) in [5, 5.41) is 9.23. The number of pyridine rings is 1. The minimum atomic E-state index is -0.481. The van der Waals surface area contributed by atoms with Gasteiger partial charge in [0.15, 0.2) is 0 Å². The van der Waals surface area contributed by atoms with E-state index >= 15 is 0 Å². The minimum Gasteiger partial charge on any atom is -0.506 e. The average molecular weight is 179 g/mol. The lowest BCUT2D eigenvalue weighted by Gasteiger charge is -1.95. The van der Waals surface area contributed by atoms with Crippen LogP contribution in [-0.4, -0.2) is 23.2 Å². The molecule has 1 heterocycles. The maximum atomic E-state index is 10.7. The van der Waals surface area contributed by atoms with E-state index in [0.29, 0.717) is 5.69 Å². The van der Waals surface area contributed by atoms with Gasteiger partial charge in [0.25, 0.3) is 0 Å². The minimum absolute atomic E-state index is 0.0302. The second kappa shape index (κ2) is 4.25. The third-order valence-corrected chi connectivity index (χ3v) is 1.39. The summed E-state index contributed by atoms with van der Waals surface area (Å²) in [5.41, 5.74) is 0.341. The lowest BCUT2D eigenvalue weighted by atomic mass is 10.3. The molecule has 0 atom stereocenters. The number of hydrogen-bond acceptors (Lipinski definition) is 4. The van der Waals surface area contributed by atoms with Gasteiger partial charge in [-0.25, -0.2) is 4.79 Å². The third kappa shape index (κ3) is 2.59. The van der Waals surface area contributed by atoms with E-state index in [4.69, 9.17) is 0 Å². The van der Waals surface area contributed by atoms with Crippen LogP contribution in [0.3, 0.4) is 0 Å². The molecule has 0 amide bonds. The van der Waals surface area contributed by atoms with Crippen molar-refractivity contribution in [1.29, 1.82) is 0 Å². The summed E-state index contributed by atoms with van der Waals surface area (Å²) in [4.78, 5) is 14.5. The average Bonchev–Trinajstić information content (AvgIpc) is 2.16. The maximum absolute atomic E-state index is 10.7. The molecule has 0 aromatic carbocycles. The number of carbonyl (C=O) groups excluding carboxylic acids is 1. The number of carbonyl (C=O) groups is 1. The van der Waals surface area contributed by atoms with Crippen molar-refractivity contribution in [3.63, 3.8) is 0 Å². The number of rotatable bonds is 2. The second-order valence-electron chi connectivity index (χ2n) is 2.26. The highest BCUT2D eigenvalue weighted by Crippen LogP contribution is 2.13. The number of esters is 1. The van der Waals surface area contributed by atoms with Crippen LogP contribution in [0, 0.1) is 0 Å². The van der Waals surface area contributed by atoms with Gasteiger partial charge in [-0.2, -0.15) is 0 Å². The molecule has 68 valence electrons. The topological polar surface area (TPSA) is 59.4 Å². The van der Waals surface area contributed by atoms with Crippen LogP contribution in [-0.2, 0) is 9.53 Å². The van der Waals surface area contributed by atoms with E-state index in [1.807, 2.05) is 0 Å². The molecule has 0 radical (unpaired) electrons. The molecule has 0 aliphatic heterocycles. The Morgan fingerprint density at radius 2 is 2.46 bits per heavy atom. The summed E-state index contributed by atoms with van der Waals surface area (Å²) in [7, 11) is 1.28. The molecule has 0 unspecified atom stereocenters. The van der Waals surface area contributed by atoms with Crippen LogP contribution in [0.2, 0.25) is 0 Å². The fourth-order valence-corrected chi connectivity index (χ4v) is 0.752. The van der Waals surface area contributed by atoms with Crippen LogP contribution in [0.25, 0.3) is 6.08 Å². The molecule has 0 spiro atoms. The van der Waals surface area contributed by atoms with E-state index in [0.717, 1.165) is 0 Å². The van der Waals surface area contributed by atoms with Crippen LogP contribution >= 0.6 is 0 Å². The van der Waals surface area contributed by atoms with Crippen molar-refractivity contribution in [2.45, 2.75) is 0 Å². The van der Waals surface area contributed by atoms with Gasteiger partial charge in [-0.15, -0.1) is 0 Å². The molecule has 1 aromatic rings. The Kier molecular flexibility index (Phi) is 3.03. The number of aromatic nitrogens is 1. The third-order valence-electron chi connectivity index (χ3n) is 1.39. The van der Waals surface area contributed by atoms with Crippen molar-refractivity contribution in [3.8, 4) is 5.75 Å². The Bertz CT molecular complexity index is 333. The van der Waals surface area contributed by atoms with Crippen LogP contribution in [0.15, 0.2) is 24.4 Å². The summed E-state index contributed by atoms with van der Waals surface area (Å²) >= 11 is 0. The fourth-order valence-electron chi connectivity index (χ4n) is 0.752. The zero-order valence-electron chi connectivity index (χ0n) is 7.10. The molecule has 1 rings (SSSR count). The van der Waals surface area contributed by atoms with E-state index in [-0.39, 0.29) is 5.75 Å². The molecule has 4 heteroatoms. The first kappa shape index (κ1) is 9.25. The molecule has 1 aromatic heterocycles. The molecular weight excluding hydrogens is 170 g/mol. The summed E-state index contributed by atoms with van der Waals surface area (Å²) in [6, 6.07) is 3.09. The Hall–Kier alpha value is -1.84. The molecule has 0 saturated carbocycles. The standard InChI is InChI=1S/C9H9NO3/c1-13-9(12)5-4-7-8(11)3-2-6-10-7/h2-6,11H,1H3. The Morgan fingerprint density at radius 3 is 3.08 bits per heavy atom. The van der Waals surface area contributed by atoms with Gasteiger partial charge in [0.2, 0.25) is 0 Å². The summed E-state index contributed by atoms with van der Waals surface area (Å²) in [5.74, 6) is -0.451. The molecule has 0 aliphatic rings. The first-order valence-corrected chi connectivity index (χ1v) is 3.64. The van der Waals surface area contributed by atoms with Gasteiger partial charge in [-0.05, 0) is 18.2 Å². The van der Waals surface area contributed by atoms with Crippen LogP contribution in [0.1, 0.15) is 5.69 Å². The first-order chi connectivity index (χ1) is 6.24. The van der Waals surface area contributed by atoms with Crippen LogP contribution in [0.5, 0.6) is 5.75 Å². The Morgan fingerprint density at radius 1 is 1.69 bits per heavy atom. The molecule has 4 nitrogen and oxygen atoms in total. The van der Waals surface area contributed by atoms with Crippen molar-refractivity contribution in [2.75, 3.05) is 7.11 Å². The lowest BCUT2D eigenvalue weighted by molar-refractivity contribution is -0.134. The highest BCUT2D eigenvalue weighted by molar-refractivity contribution is 5.86. The molecule has 0 bridgehead atoms. The number of aromatic hydroxyl groups is 1. The van der Waals surface area contributed by atoms with Crippen molar-refractivity contribution in [1.82, 2.24) is 4.98 Å². The normalized spacial score (nSPS) is 10.2. The molecule has 0 fully saturated rings. The maximum Gasteiger partial charge on any atom is 0.330 e. The van der Waals surface area contributed by atoms with Gasteiger partial charge in [-0.3, -0.25) is 4.98 Å². The van der Waals surface area contributed by atoms with Gasteiger partial charge >= 0.3 is 5.97 Å². The largest absolute Gasteiger partial charge is 0.506 e. The second-order valence-corrected chi connectivity index (χ2v) is 2.26. The van der Waals surface area contributed by atoms with Gasteiger partial charge in [0, 0.05) is 12.3 Å². The van der Waals surface area contributed by atoms with E-state index in [1.165, 1.54) is 31.5 Å². The predicted octanol–water partition coefficient (Wildman–Crippen LogP) is 0.973. The monoisotopic (exact) mass is 179 g/mol.